The first-order valence-corrected chi connectivity index (χ1v) is 6.22. The maximum atomic E-state index is 5.90. The Morgan fingerprint density at radius 1 is 1.12 bits per heavy atom. The number of ether oxygens (including phenoxy) is 1. The molecule has 0 unspecified atom stereocenters. The van der Waals surface area contributed by atoms with Gasteiger partial charge in [0.25, 0.3) is 0 Å². The van der Waals surface area contributed by atoms with Crippen molar-refractivity contribution in [1.82, 2.24) is 0 Å². The molecular formula is C14H14BrNO. The van der Waals surface area contributed by atoms with Crippen molar-refractivity contribution in [3.05, 3.63) is 58.1 Å². The van der Waals surface area contributed by atoms with Crippen molar-refractivity contribution in [3.63, 3.8) is 0 Å². The van der Waals surface area contributed by atoms with Crippen molar-refractivity contribution >= 4 is 15.9 Å². The molecule has 2 aromatic carbocycles. The smallest absolute Gasteiger partial charge is 0.133 e. The lowest BCUT2D eigenvalue weighted by Gasteiger charge is -2.12. The summed E-state index contributed by atoms with van der Waals surface area (Å²) < 4.78 is 6.89. The number of para-hydroxylation sites is 1. The van der Waals surface area contributed by atoms with Gasteiger partial charge in [-0.15, -0.1) is 0 Å². The highest BCUT2D eigenvalue weighted by Crippen LogP contribution is 2.30. The molecule has 0 atom stereocenters. The fraction of sp³-hybridized carbons (Fsp3) is 0.143. The summed E-state index contributed by atoms with van der Waals surface area (Å²) in [5, 5.41) is 0. The SMILES string of the molecule is Cc1ccccc1Oc1cc(Br)ccc1CN. The predicted octanol–water partition coefficient (Wildman–Crippen LogP) is 4.01. The van der Waals surface area contributed by atoms with Gasteiger partial charge in [-0.25, -0.2) is 0 Å². The third-order valence-corrected chi connectivity index (χ3v) is 3.06. The molecule has 17 heavy (non-hydrogen) atoms. The summed E-state index contributed by atoms with van der Waals surface area (Å²) in [7, 11) is 0. The lowest BCUT2D eigenvalue weighted by atomic mass is 10.2. The van der Waals surface area contributed by atoms with Gasteiger partial charge in [0.05, 0.1) is 0 Å². The van der Waals surface area contributed by atoms with Crippen LogP contribution in [0.15, 0.2) is 46.9 Å². The second kappa shape index (κ2) is 5.34. The molecule has 0 saturated carbocycles. The molecule has 2 N–H and O–H groups in total. The summed E-state index contributed by atoms with van der Waals surface area (Å²) in [6, 6.07) is 13.8. The van der Waals surface area contributed by atoms with Gasteiger partial charge in [-0.3, -0.25) is 0 Å². The topological polar surface area (TPSA) is 35.2 Å². The van der Waals surface area contributed by atoms with E-state index in [9.17, 15) is 0 Å². The summed E-state index contributed by atoms with van der Waals surface area (Å²) in [6.45, 7) is 2.49. The molecule has 2 rings (SSSR count). The van der Waals surface area contributed by atoms with Crippen LogP contribution in [0.5, 0.6) is 11.5 Å². The van der Waals surface area contributed by atoms with Crippen LogP contribution < -0.4 is 10.5 Å². The number of aryl methyl sites for hydroxylation is 1. The molecule has 2 aromatic rings. The fourth-order valence-corrected chi connectivity index (χ4v) is 1.92. The average molecular weight is 292 g/mol. The van der Waals surface area contributed by atoms with Crippen LogP contribution in [0.2, 0.25) is 0 Å². The van der Waals surface area contributed by atoms with Gasteiger partial charge in [0.2, 0.25) is 0 Å². The molecule has 88 valence electrons. The van der Waals surface area contributed by atoms with Crippen LogP contribution in [0.25, 0.3) is 0 Å². The molecule has 2 nitrogen and oxygen atoms in total. The summed E-state index contributed by atoms with van der Waals surface area (Å²) >= 11 is 3.44. The normalized spacial score (nSPS) is 10.3. The van der Waals surface area contributed by atoms with E-state index in [1.54, 1.807) is 0 Å². The minimum Gasteiger partial charge on any atom is -0.457 e. The van der Waals surface area contributed by atoms with Gasteiger partial charge in [-0.05, 0) is 30.7 Å². The molecule has 0 spiro atoms. The highest BCUT2D eigenvalue weighted by atomic mass is 79.9. The Morgan fingerprint density at radius 3 is 2.59 bits per heavy atom. The Morgan fingerprint density at radius 2 is 1.88 bits per heavy atom. The second-order valence-electron chi connectivity index (χ2n) is 3.82. The quantitative estimate of drug-likeness (QED) is 0.927. The number of benzene rings is 2. The second-order valence-corrected chi connectivity index (χ2v) is 4.74. The van der Waals surface area contributed by atoms with Crippen LogP contribution in [0, 0.1) is 6.92 Å². The number of halogens is 1. The minimum atomic E-state index is 0.467. The van der Waals surface area contributed by atoms with Crippen molar-refractivity contribution in [2.24, 2.45) is 5.73 Å². The number of nitrogens with two attached hydrogens (primary N) is 1. The van der Waals surface area contributed by atoms with Crippen LogP contribution in [-0.2, 0) is 6.54 Å². The Bertz CT molecular complexity index is 525. The van der Waals surface area contributed by atoms with E-state index in [2.05, 4.69) is 15.9 Å². The van der Waals surface area contributed by atoms with E-state index in [0.717, 1.165) is 27.1 Å². The van der Waals surface area contributed by atoms with E-state index in [1.165, 1.54) is 0 Å². The summed E-state index contributed by atoms with van der Waals surface area (Å²) in [4.78, 5) is 0. The lowest BCUT2D eigenvalue weighted by Crippen LogP contribution is -1.99. The van der Waals surface area contributed by atoms with E-state index >= 15 is 0 Å². The minimum absolute atomic E-state index is 0.467. The molecule has 0 bridgehead atoms. The standard InChI is InChI=1S/C14H14BrNO/c1-10-4-2-3-5-13(10)17-14-8-12(15)7-6-11(14)9-16/h2-8H,9,16H2,1H3. The van der Waals surface area contributed by atoms with Gasteiger partial charge in [-0.2, -0.15) is 0 Å². The summed E-state index contributed by atoms with van der Waals surface area (Å²) in [6.07, 6.45) is 0. The van der Waals surface area contributed by atoms with E-state index in [4.69, 9.17) is 10.5 Å². The number of rotatable bonds is 3. The Balaban J connectivity index is 2.35. The summed E-state index contributed by atoms with van der Waals surface area (Å²) in [5.41, 5.74) is 7.80. The molecule has 0 aliphatic rings. The van der Waals surface area contributed by atoms with E-state index in [0.29, 0.717) is 6.54 Å². The number of hydrogen-bond acceptors (Lipinski definition) is 2. The van der Waals surface area contributed by atoms with Gasteiger partial charge >= 0.3 is 0 Å². The zero-order valence-corrected chi connectivity index (χ0v) is 11.2. The van der Waals surface area contributed by atoms with Gasteiger partial charge in [-0.1, -0.05) is 40.2 Å². The maximum absolute atomic E-state index is 5.90. The van der Waals surface area contributed by atoms with Gasteiger partial charge in [0.1, 0.15) is 11.5 Å². The molecule has 3 heteroatoms. The third-order valence-electron chi connectivity index (χ3n) is 2.56. The van der Waals surface area contributed by atoms with Crippen molar-refractivity contribution in [3.8, 4) is 11.5 Å². The first-order valence-electron chi connectivity index (χ1n) is 5.42. The first kappa shape index (κ1) is 12.1. The van der Waals surface area contributed by atoms with Crippen LogP contribution in [0.4, 0.5) is 0 Å². The molecule has 0 fully saturated rings. The average Bonchev–Trinajstić information content (AvgIpc) is 2.32. The zero-order valence-electron chi connectivity index (χ0n) is 9.61. The Kier molecular flexibility index (Phi) is 3.82. The largest absolute Gasteiger partial charge is 0.457 e. The monoisotopic (exact) mass is 291 g/mol. The van der Waals surface area contributed by atoms with Gasteiger partial charge in [0.15, 0.2) is 0 Å². The molecule has 0 amide bonds. The fourth-order valence-electron chi connectivity index (χ4n) is 1.58. The van der Waals surface area contributed by atoms with Crippen molar-refractivity contribution in [2.45, 2.75) is 13.5 Å². The lowest BCUT2D eigenvalue weighted by molar-refractivity contribution is 0.472. The zero-order chi connectivity index (χ0) is 12.3. The Hall–Kier alpha value is -1.32. The molecule has 0 saturated heterocycles. The van der Waals surface area contributed by atoms with Crippen molar-refractivity contribution < 1.29 is 4.74 Å². The van der Waals surface area contributed by atoms with Crippen LogP contribution in [0.3, 0.4) is 0 Å². The first-order chi connectivity index (χ1) is 8.20. The highest BCUT2D eigenvalue weighted by Gasteiger charge is 2.06. The summed E-state index contributed by atoms with van der Waals surface area (Å²) in [5.74, 6) is 1.66. The molecule has 0 aliphatic carbocycles. The Labute approximate surface area is 110 Å². The van der Waals surface area contributed by atoms with E-state index in [-0.39, 0.29) is 0 Å². The van der Waals surface area contributed by atoms with Crippen molar-refractivity contribution in [2.75, 3.05) is 0 Å². The number of hydrogen-bond donors (Lipinski definition) is 1. The third kappa shape index (κ3) is 2.87. The predicted molar refractivity (Wildman–Crippen MR) is 73.3 cm³/mol. The van der Waals surface area contributed by atoms with Gasteiger partial charge in [0, 0.05) is 16.6 Å². The van der Waals surface area contributed by atoms with Crippen LogP contribution in [-0.4, -0.2) is 0 Å². The molecule has 0 aliphatic heterocycles. The highest BCUT2D eigenvalue weighted by molar-refractivity contribution is 9.10. The van der Waals surface area contributed by atoms with E-state index in [1.807, 2.05) is 49.4 Å². The van der Waals surface area contributed by atoms with Gasteiger partial charge < -0.3 is 10.5 Å². The van der Waals surface area contributed by atoms with Crippen LogP contribution in [0.1, 0.15) is 11.1 Å². The molecule has 0 aromatic heterocycles. The van der Waals surface area contributed by atoms with Crippen molar-refractivity contribution in [1.29, 1.82) is 0 Å². The molecular weight excluding hydrogens is 278 g/mol. The van der Waals surface area contributed by atoms with Crippen LogP contribution >= 0.6 is 15.9 Å². The van der Waals surface area contributed by atoms with E-state index < -0.39 is 0 Å². The maximum Gasteiger partial charge on any atom is 0.133 e. The molecule has 0 radical (unpaired) electrons. The molecule has 0 heterocycles.